The molecule has 37 heavy (non-hydrogen) atoms. The molecule has 6 nitrogen and oxygen atoms in total. The van der Waals surface area contributed by atoms with E-state index in [0.717, 1.165) is 33.6 Å². The van der Waals surface area contributed by atoms with E-state index >= 15 is 0 Å². The van der Waals surface area contributed by atoms with Crippen molar-refractivity contribution < 1.29 is 13.0 Å². The van der Waals surface area contributed by atoms with Crippen LogP contribution in [0.4, 0.5) is 0 Å². The highest BCUT2D eigenvalue weighted by Gasteiger charge is 2.12. The van der Waals surface area contributed by atoms with Crippen molar-refractivity contribution in [1.82, 2.24) is 15.0 Å². The first kappa shape index (κ1) is 24.1. The van der Waals surface area contributed by atoms with Crippen LogP contribution in [-0.4, -0.2) is 28.0 Å². The van der Waals surface area contributed by atoms with E-state index in [-0.39, 0.29) is 4.90 Å². The van der Waals surface area contributed by atoms with Crippen LogP contribution in [0.1, 0.15) is 22.4 Å². The Bertz CT molecular complexity index is 1670. The van der Waals surface area contributed by atoms with Crippen LogP contribution in [0.2, 0.25) is 0 Å². The van der Waals surface area contributed by atoms with E-state index in [1.54, 1.807) is 35.3 Å². The quantitative estimate of drug-likeness (QED) is 0.201. The Morgan fingerprint density at radius 1 is 0.649 bits per heavy atom. The monoisotopic (exact) mass is 505 g/mol. The van der Waals surface area contributed by atoms with Crippen LogP contribution < -0.4 is 0 Å². The van der Waals surface area contributed by atoms with Crippen molar-refractivity contribution in [2.45, 2.75) is 4.90 Å². The van der Waals surface area contributed by atoms with Gasteiger partial charge in [-0.2, -0.15) is 18.3 Å². The molecule has 5 aromatic rings. The molecule has 5 rings (SSSR count). The molecule has 0 aliphatic rings. The second-order valence-corrected chi connectivity index (χ2v) is 9.71. The molecular formula is C30H23N3O3S. The average Bonchev–Trinajstić information content (AvgIpc) is 3.41. The van der Waals surface area contributed by atoms with Gasteiger partial charge in [-0.05, 0) is 52.1 Å². The third kappa shape index (κ3) is 5.98. The molecule has 0 fully saturated rings. The Hall–Kier alpha value is -4.59. The summed E-state index contributed by atoms with van der Waals surface area (Å²) in [7, 11) is -4.28. The third-order valence-electron chi connectivity index (χ3n) is 5.75. The van der Waals surface area contributed by atoms with Gasteiger partial charge in [-0.3, -0.25) is 4.55 Å². The highest BCUT2D eigenvalue weighted by Crippen LogP contribution is 2.23. The number of hydrogen-bond donors (Lipinski definition) is 1. The number of benzene rings is 4. The largest absolute Gasteiger partial charge is 0.295 e. The topological polar surface area (TPSA) is 85.1 Å². The Labute approximate surface area is 215 Å². The lowest BCUT2D eigenvalue weighted by molar-refractivity contribution is 0.483. The molecule has 1 heterocycles. The first-order valence-electron chi connectivity index (χ1n) is 11.6. The molecule has 0 amide bonds. The van der Waals surface area contributed by atoms with E-state index in [9.17, 15) is 13.0 Å². The fraction of sp³-hybridized carbons (Fsp3) is 0. The molecule has 0 spiro atoms. The molecule has 0 radical (unpaired) electrons. The zero-order chi connectivity index (χ0) is 25.7. The second kappa shape index (κ2) is 10.6. The fourth-order valence-electron chi connectivity index (χ4n) is 3.83. The van der Waals surface area contributed by atoms with Crippen LogP contribution in [0, 0.1) is 0 Å². The summed E-state index contributed by atoms with van der Waals surface area (Å²) in [5.41, 5.74) is 6.23. The summed E-state index contributed by atoms with van der Waals surface area (Å²) in [4.78, 5) is 1.49. The van der Waals surface area contributed by atoms with Crippen molar-refractivity contribution in [2.75, 3.05) is 0 Å². The smallest absolute Gasteiger partial charge is 0.282 e. The first-order chi connectivity index (χ1) is 18.0. The fourth-order valence-corrected chi connectivity index (χ4v) is 4.52. The molecule has 1 N–H and O–H groups in total. The standard InChI is InChI=1S/C30H23N3O3S/c34-37(35,36)30-9-5-4-6-27(30)20-14-23-10-16-25(17-11-23)26-18-12-24(13-19-26)15-21-28-22-31-33(32-28)29-7-2-1-3-8-29/h1-22H,(H,34,35,36). The first-order valence-corrected chi connectivity index (χ1v) is 13.0. The van der Waals surface area contributed by atoms with E-state index in [4.69, 9.17) is 0 Å². The predicted octanol–water partition coefficient (Wildman–Crippen LogP) is 6.52. The Morgan fingerprint density at radius 2 is 1.22 bits per heavy atom. The van der Waals surface area contributed by atoms with Crippen molar-refractivity contribution >= 4 is 34.4 Å². The Morgan fingerprint density at radius 3 is 1.84 bits per heavy atom. The molecule has 0 aliphatic heterocycles. The molecule has 0 unspecified atom stereocenters. The van der Waals surface area contributed by atoms with E-state index < -0.39 is 10.1 Å². The average molecular weight is 506 g/mol. The molecule has 0 bridgehead atoms. The molecule has 0 saturated heterocycles. The zero-order valence-electron chi connectivity index (χ0n) is 19.7. The van der Waals surface area contributed by atoms with Crippen LogP contribution in [0.15, 0.2) is 114 Å². The highest BCUT2D eigenvalue weighted by atomic mass is 32.2. The van der Waals surface area contributed by atoms with Crippen LogP contribution in [-0.2, 0) is 10.1 Å². The number of aromatic nitrogens is 3. The van der Waals surface area contributed by atoms with Crippen molar-refractivity contribution in [3.05, 3.63) is 132 Å². The van der Waals surface area contributed by atoms with Gasteiger partial charge in [0.25, 0.3) is 10.1 Å². The summed E-state index contributed by atoms with van der Waals surface area (Å²) in [6.07, 6.45) is 9.16. The zero-order valence-corrected chi connectivity index (χ0v) is 20.5. The summed E-state index contributed by atoms with van der Waals surface area (Å²) >= 11 is 0. The van der Waals surface area contributed by atoms with Crippen LogP contribution in [0.3, 0.4) is 0 Å². The molecule has 182 valence electrons. The molecule has 4 aromatic carbocycles. The van der Waals surface area contributed by atoms with Gasteiger partial charge in [0, 0.05) is 0 Å². The van der Waals surface area contributed by atoms with Gasteiger partial charge < -0.3 is 0 Å². The SMILES string of the molecule is O=S(=O)(O)c1ccccc1C=Cc1ccc(-c2ccc(C=Cc3cnn(-c4ccccc4)n3)cc2)cc1. The lowest BCUT2D eigenvalue weighted by Gasteiger charge is -2.04. The van der Waals surface area contributed by atoms with E-state index in [0.29, 0.717) is 5.56 Å². The summed E-state index contributed by atoms with van der Waals surface area (Å²) in [6, 6.07) is 32.3. The van der Waals surface area contributed by atoms with E-state index in [2.05, 4.69) is 22.3 Å². The van der Waals surface area contributed by atoms with Gasteiger partial charge in [0.2, 0.25) is 0 Å². The van der Waals surface area contributed by atoms with Gasteiger partial charge in [-0.1, -0.05) is 103 Å². The Kier molecular flexibility index (Phi) is 6.89. The van der Waals surface area contributed by atoms with Crippen molar-refractivity contribution in [2.24, 2.45) is 0 Å². The molecule has 0 aliphatic carbocycles. The van der Waals surface area contributed by atoms with Crippen molar-refractivity contribution in [3.8, 4) is 16.8 Å². The third-order valence-corrected chi connectivity index (χ3v) is 6.68. The lowest BCUT2D eigenvalue weighted by Crippen LogP contribution is -2.00. The molecular weight excluding hydrogens is 482 g/mol. The minimum absolute atomic E-state index is 0.113. The van der Waals surface area contributed by atoms with Gasteiger partial charge in [0.15, 0.2) is 0 Å². The van der Waals surface area contributed by atoms with Gasteiger partial charge in [0.1, 0.15) is 10.6 Å². The maximum Gasteiger partial charge on any atom is 0.295 e. The highest BCUT2D eigenvalue weighted by molar-refractivity contribution is 7.85. The predicted molar refractivity (Wildman–Crippen MR) is 147 cm³/mol. The van der Waals surface area contributed by atoms with E-state index in [1.165, 1.54) is 6.07 Å². The summed E-state index contributed by atoms with van der Waals surface area (Å²) in [6.45, 7) is 0. The van der Waals surface area contributed by atoms with Crippen LogP contribution >= 0.6 is 0 Å². The minimum Gasteiger partial charge on any atom is -0.282 e. The van der Waals surface area contributed by atoms with Gasteiger partial charge in [-0.25, -0.2) is 0 Å². The normalized spacial score (nSPS) is 11.9. The van der Waals surface area contributed by atoms with Crippen LogP contribution in [0.5, 0.6) is 0 Å². The number of rotatable bonds is 7. The van der Waals surface area contributed by atoms with Gasteiger partial charge >= 0.3 is 0 Å². The Balaban J connectivity index is 1.26. The number of nitrogens with zero attached hydrogens (tertiary/aromatic N) is 3. The van der Waals surface area contributed by atoms with E-state index in [1.807, 2.05) is 85.0 Å². The van der Waals surface area contributed by atoms with Gasteiger partial charge in [0.05, 0.1) is 11.9 Å². The number of para-hydroxylation sites is 1. The van der Waals surface area contributed by atoms with Gasteiger partial charge in [-0.15, -0.1) is 5.10 Å². The molecule has 0 saturated carbocycles. The molecule has 7 heteroatoms. The van der Waals surface area contributed by atoms with Crippen molar-refractivity contribution in [1.29, 1.82) is 0 Å². The molecule has 0 atom stereocenters. The lowest BCUT2D eigenvalue weighted by atomic mass is 10.0. The van der Waals surface area contributed by atoms with Crippen LogP contribution in [0.25, 0.3) is 41.1 Å². The van der Waals surface area contributed by atoms with Crippen molar-refractivity contribution in [3.63, 3.8) is 0 Å². The maximum absolute atomic E-state index is 11.6. The molecule has 1 aromatic heterocycles. The second-order valence-electron chi connectivity index (χ2n) is 8.32. The summed E-state index contributed by atoms with van der Waals surface area (Å²) in [5.74, 6) is 0. The summed E-state index contributed by atoms with van der Waals surface area (Å²) in [5, 5.41) is 8.81. The number of hydrogen-bond acceptors (Lipinski definition) is 4. The maximum atomic E-state index is 11.6. The minimum atomic E-state index is -4.28. The summed E-state index contributed by atoms with van der Waals surface area (Å²) < 4.78 is 32.5.